The predicted molar refractivity (Wildman–Crippen MR) is 103 cm³/mol. The Hall–Kier alpha value is -2.97. The van der Waals surface area contributed by atoms with Crippen LogP contribution in [0.5, 0.6) is 0 Å². The van der Waals surface area contributed by atoms with E-state index >= 15 is 0 Å². The van der Waals surface area contributed by atoms with E-state index < -0.39 is 0 Å². The van der Waals surface area contributed by atoms with Gasteiger partial charge in [-0.05, 0) is 42.8 Å². The Balaban J connectivity index is 1.87. The van der Waals surface area contributed by atoms with Crippen LogP contribution in [-0.4, -0.2) is 17.3 Å². The number of thiazole rings is 1. The number of nitrogens with zero attached hydrogens (tertiary/aromatic N) is 2. The van der Waals surface area contributed by atoms with Crippen molar-refractivity contribution in [3.63, 3.8) is 0 Å². The van der Waals surface area contributed by atoms with Gasteiger partial charge in [-0.25, -0.2) is 4.98 Å². The molecule has 0 saturated carbocycles. The van der Waals surface area contributed by atoms with Gasteiger partial charge in [-0.2, -0.15) is 5.26 Å². The number of carbonyl (C=O) groups excluding carboxylic acids is 1. The summed E-state index contributed by atoms with van der Waals surface area (Å²) in [6.07, 6.45) is 2.34. The number of nitriles is 1. The molecule has 1 N–H and O–H groups in total. The van der Waals surface area contributed by atoms with Crippen LogP contribution in [0.3, 0.4) is 0 Å². The van der Waals surface area contributed by atoms with E-state index in [2.05, 4.69) is 16.4 Å². The first-order chi connectivity index (χ1) is 12.2. The molecule has 124 valence electrons. The quantitative estimate of drug-likeness (QED) is 0.516. The summed E-state index contributed by atoms with van der Waals surface area (Å²) >= 11 is 1.53. The molecule has 0 aliphatic heterocycles. The lowest BCUT2D eigenvalue weighted by Crippen LogP contribution is -1.99. The fourth-order valence-corrected chi connectivity index (χ4v) is 3.46. The number of nitrogens with one attached hydrogen (secondary N) is 1. The van der Waals surface area contributed by atoms with Crippen LogP contribution in [0.4, 0.5) is 5.69 Å². The molecule has 3 rings (SSSR count). The molecule has 0 amide bonds. The van der Waals surface area contributed by atoms with Gasteiger partial charge in [-0.3, -0.25) is 4.79 Å². The molecule has 0 aliphatic rings. The van der Waals surface area contributed by atoms with Crippen molar-refractivity contribution in [3.05, 3.63) is 59.1 Å². The Morgan fingerprint density at radius 3 is 2.68 bits per heavy atom. The van der Waals surface area contributed by atoms with E-state index in [1.165, 1.54) is 11.3 Å². The number of hydrogen-bond donors (Lipinski definition) is 1. The molecule has 1 aromatic heterocycles. The SMILES string of the molecule is CC(=O)/C(=C\c1ccc(NCCC#N)cc1)c1nc2ccccc2s1. The number of allylic oxidation sites excluding steroid dienone is 1. The topological polar surface area (TPSA) is 65.8 Å². The maximum absolute atomic E-state index is 12.1. The average molecular weight is 347 g/mol. The Morgan fingerprint density at radius 1 is 1.24 bits per heavy atom. The molecule has 5 heteroatoms. The Bertz CT molecular complexity index is 932. The van der Waals surface area contributed by atoms with Crippen molar-refractivity contribution in [1.82, 2.24) is 4.98 Å². The number of aromatic nitrogens is 1. The van der Waals surface area contributed by atoms with Gasteiger partial charge in [0.2, 0.25) is 0 Å². The van der Waals surface area contributed by atoms with Gasteiger partial charge in [0.25, 0.3) is 0 Å². The van der Waals surface area contributed by atoms with Crippen molar-refractivity contribution < 1.29 is 4.79 Å². The van der Waals surface area contributed by atoms with Gasteiger partial charge in [0, 0.05) is 12.2 Å². The zero-order valence-electron chi connectivity index (χ0n) is 13.8. The highest BCUT2D eigenvalue weighted by Gasteiger charge is 2.13. The van der Waals surface area contributed by atoms with E-state index in [1.807, 2.05) is 54.6 Å². The second-order valence-electron chi connectivity index (χ2n) is 5.56. The van der Waals surface area contributed by atoms with Crippen LogP contribution in [0.2, 0.25) is 0 Å². The number of anilines is 1. The summed E-state index contributed by atoms with van der Waals surface area (Å²) in [6.45, 7) is 2.19. The number of fused-ring (bicyclic) bond motifs is 1. The normalized spacial score (nSPS) is 11.3. The lowest BCUT2D eigenvalue weighted by atomic mass is 10.1. The summed E-state index contributed by atoms with van der Waals surface area (Å²) in [6, 6.07) is 17.8. The van der Waals surface area contributed by atoms with E-state index in [-0.39, 0.29) is 5.78 Å². The van der Waals surface area contributed by atoms with Gasteiger partial charge in [0.15, 0.2) is 5.78 Å². The van der Waals surface area contributed by atoms with Gasteiger partial charge in [-0.15, -0.1) is 11.3 Å². The van der Waals surface area contributed by atoms with Gasteiger partial charge in [0.1, 0.15) is 5.01 Å². The summed E-state index contributed by atoms with van der Waals surface area (Å²) in [5.74, 6) is -0.00437. The van der Waals surface area contributed by atoms with Crippen LogP contribution < -0.4 is 5.32 Å². The molecule has 0 atom stereocenters. The fourth-order valence-electron chi connectivity index (χ4n) is 2.43. The summed E-state index contributed by atoms with van der Waals surface area (Å²) < 4.78 is 1.07. The van der Waals surface area contributed by atoms with Crippen LogP contribution in [0.15, 0.2) is 48.5 Å². The molecule has 2 aromatic carbocycles. The lowest BCUT2D eigenvalue weighted by molar-refractivity contribution is -0.111. The van der Waals surface area contributed by atoms with Gasteiger partial charge < -0.3 is 5.32 Å². The van der Waals surface area contributed by atoms with Crippen molar-refractivity contribution in [2.75, 3.05) is 11.9 Å². The molecule has 25 heavy (non-hydrogen) atoms. The molecule has 3 aromatic rings. The van der Waals surface area contributed by atoms with E-state index in [4.69, 9.17) is 5.26 Å². The first kappa shape index (κ1) is 16.9. The second-order valence-corrected chi connectivity index (χ2v) is 6.59. The van der Waals surface area contributed by atoms with Gasteiger partial charge in [-0.1, -0.05) is 24.3 Å². The van der Waals surface area contributed by atoms with E-state index in [0.717, 1.165) is 26.5 Å². The van der Waals surface area contributed by atoms with E-state index in [9.17, 15) is 4.79 Å². The standard InChI is InChI=1S/C20H17N3OS/c1-14(24)17(20-23-18-5-2-3-6-19(18)25-20)13-15-7-9-16(10-8-15)22-12-4-11-21/h2-3,5-10,13,22H,4,12H2,1H3/b17-13+. The lowest BCUT2D eigenvalue weighted by Gasteiger charge is -2.05. The minimum absolute atomic E-state index is 0.00437. The maximum Gasteiger partial charge on any atom is 0.162 e. The molecule has 0 aliphatic carbocycles. The third-order valence-corrected chi connectivity index (χ3v) is 4.76. The Kier molecular flexibility index (Phi) is 5.22. The molecule has 4 nitrogen and oxygen atoms in total. The number of carbonyl (C=O) groups is 1. The number of ketones is 1. The number of para-hydroxylation sites is 1. The molecule has 0 saturated heterocycles. The van der Waals surface area contributed by atoms with E-state index in [0.29, 0.717) is 18.5 Å². The first-order valence-electron chi connectivity index (χ1n) is 7.97. The first-order valence-corrected chi connectivity index (χ1v) is 8.78. The molecule has 0 fully saturated rings. The molecule has 1 heterocycles. The number of Topliss-reactive ketones (excluding diaryl/α,β-unsaturated/α-hetero) is 1. The molecule has 0 bridgehead atoms. The fraction of sp³-hybridized carbons (Fsp3) is 0.150. The van der Waals surface area contributed by atoms with Crippen LogP contribution in [0, 0.1) is 11.3 Å². The molecular weight excluding hydrogens is 330 g/mol. The third kappa shape index (κ3) is 4.11. The largest absolute Gasteiger partial charge is 0.384 e. The predicted octanol–water partition coefficient (Wildman–Crippen LogP) is 4.75. The van der Waals surface area contributed by atoms with Gasteiger partial charge >= 0.3 is 0 Å². The smallest absolute Gasteiger partial charge is 0.162 e. The monoisotopic (exact) mass is 347 g/mol. The average Bonchev–Trinajstić information content (AvgIpc) is 3.04. The summed E-state index contributed by atoms with van der Waals surface area (Å²) in [5, 5.41) is 12.5. The maximum atomic E-state index is 12.1. The van der Waals surface area contributed by atoms with Crippen molar-refractivity contribution in [2.45, 2.75) is 13.3 Å². The summed E-state index contributed by atoms with van der Waals surface area (Å²) in [5.41, 5.74) is 3.42. The molecule has 0 radical (unpaired) electrons. The van der Waals surface area contributed by atoms with Crippen molar-refractivity contribution in [2.24, 2.45) is 0 Å². The zero-order valence-corrected chi connectivity index (χ0v) is 14.6. The molecule has 0 spiro atoms. The van der Waals surface area contributed by atoms with Crippen LogP contribution in [0.1, 0.15) is 23.9 Å². The second kappa shape index (κ2) is 7.73. The highest BCUT2D eigenvalue weighted by molar-refractivity contribution is 7.19. The Morgan fingerprint density at radius 2 is 2.00 bits per heavy atom. The van der Waals surface area contributed by atoms with E-state index in [1.54, 1.807) is 6.92 Å². The number of benzene rings is 2. The molecule has 0 unspecified atom stereocenters. The highest BCUT2D eigenvalue weighted by atomic mass is 32.1. The number of hydrogen-bond acceptors (Lipinski definition) is 5. The van der Waals surface area contributed by atoms with Crippen LogP contribution >= 0.6 is 11.3 Å². The highest BCUT2D eigenvalue weighted by Crippen LogP contribution is 2.29. The third-order valence-electron chi connectivity index (χ3n) is 3.69. The minimum atomic E-state index is -0.00437. The van der Waals surface area contributed by atoms with Crippen molar-refractivity contribution in [1.29, 1.82) is 5.26 Å². The summed E-state index contributed by atoms with van der Waals surface area (Å²) in [4.78, 5) is 16.7. The van der Waals surface area contributed by atoms with Crippen molar-refractivity contribution in [3.8, 4) is 6.07 Å². The van der Waals surface area contributed by atoms with Gasteiger partial charge in [0.05, 0.1) is 28.3 Å². The van der Waals surface area contributed by atoms with Crippen LogP contribution in [-0.2, 0) is 4.79 Å². The summed E-state index contributed by atoms with van der Waals surface area (Å²) in [7, 11) is 0. The number of rotatable bonds is 6. The minimum Gasteiger partial charge on any atom is -0.384 e. The zero-order chi connectivity index (χ0) is 17.6. The Labute approximate surface area is 150 Å². The van der Waals surface area contributed by atoms with Crippen molar-refractivity contribution >= 4 is 44.7 Å². The van der Waals surface area contributed by atoms with Crippen LogP contribution in [0.25, 0.3) is 21.9 Å². The molecular formula is C20H17N3OS.